The third-order valence-electron chi connectivity index (χ3n) is 6.09. The van der Waals surface area contributed by atoms with Gasteiger partial charge in [0.15, 0.2) is 11.4 Å². The second-order valence-electron chi connectivity index (χ2n) is 10.7. The number of amides is 1. The van der Waals surface area contributed by atoms with Crippen LogP contribution in [0, 0.1) is 0 Å². The Morgan fingerprint density at radius 3 is 2.74 bits per heavy atom. The number of halogens is 2. The number of nitrogens with zero attached hydrogens (tertiary/aromatic N) is 7. The van der Waals surface area contributed by atoms with Gasteiger partial charge in [-0.2, -0.15) is 24.1 Å². The van der Waals surface area contributed by atoms with Crippen molar-refractivity contribution in [2.75, 3.05) is 11.9 Å². The van der Waals surface area contributed by atoms with Gasteiger partial charge in [0.25, 0.3) is 5.91 Å². The van der Waals surface area contributed by atoms with E-state index in [-0.39, 0.29) is 35.0 Å². The minimum absolute atomic E-state index is 0.143. The van der Waals surface area contributed by atoms with E-state index in [9.17, 15) is 13.6 Å². The van der Waals surface area contributed by atoms with Crippen molar-refractivity contribution < 1.29 is 27.8 Å². The summed E-state index contributed by atoms with van der Waals surface area (Å²) < 4.78 is 47.6. The first-order valence-corrected chi connectivity index (χ1v) is 16.8. The number of carbonyl (C=O) groups excluding carboxylic acids is 1. The standard InChI is InChI=1S/C27H30F2N8O4Si/c1-35-16-22(33-26(38)21-14-32-37-9-5-8-30-25(21)37)24(34-35)20-12-18(6-7-23(20)41-27(28)29)40-19-13-31-36(15-19)17-39-10-11-42(2,3)4/h5-9,12-16,27H,10-11,17H2,1-4H3,(H,33,38). The molecular weight excluding hydrogens is 566 g/mol. The molecule has 0 aliphatic carbocycles. The summed E-state index contributed by atoms with van der Waals surface area (Å²) in [5.74, 6) is 0.102. The molecular formula is C27H30F2N8O4Si. The van der Waals surface area contributed by atoms with Gasteiger partial charge in [-0.05, 0) is 30.3 Å². The fourth-order valence-corrected chi connectivity index (χ4v) is 4.81. The van der Waals surface area contributed by atoms with Crippen LogP contribution < -0.4 is 14.8 Å². The Kier molecular flexibility index (Phi) is 8.31. The van der Waals surface area contributed by atoms with Crippen molar-refractivity contribution in [1.82, 2.24) is 34.2 Å². The van der Waals surface area contributed by atoms with Crippen molar-refractivity contribution in [2.45, 2.75) is 39.0 Å². The van der Waals surface area contributed by atoms with Crippen LogP contribution in [-0.4, -0.2) is 61.4 Å². The van der Waals surface area contributed by atoms with Crippen molar-refractivity contribution in [1.29, 1.82) is 0 Å². The van der Waals surface area contributed by atoms with Crippen molar-refractivity contribution in [3.63, 3.8) is 0 Å². The highest BCUT2D eigenvalue weighted by molar-refractivity contribution is 6.76. The molecule has 1 amide bonds. The smallest absolute Gasteiger partial charge is 0.387 e. The summed E-state index contributed by atoms with van der Waals surface area (Å²) in [4.78, 5) is 17.4. The predicted molar refractivity (Wildman–Crippen MR) is 153 cm³/mol. The summed E-state index contributed by atoms with van der Waals surface area (Å²) in [5, 5.41) is 15.6. The van der Waals surface area contributed by atoms with E-state index < -0.39 is 20.6 Å². The Labute approximate surface area is 240 Å². The zero-order valence-electron chi connectivity index (χ0n) is 23.5. The molecule has 5 rings (SSSR count). The number of nitrogens with one attached hydrogen (secondary N) is 1. The zero-order chi connectivity index (χ0) is 29.9. The van der Waals surface area contributed by atoms with Crippen molar-refractivity contribution >= 4 is 25.3 Å². The summed E-state index contributed by atoms with van der Waals surface area (Å²) in [6, 6.07) is 7.09. The van der Waals surface area contributed by atoms with Gasteiger partial charge in [-0.25, -0.2) is 14.2 Å². The number of fused-ring (bicyclic) bond motifs is 1. The summed E-state index contributed by atoms with van der Waals surface area (Å²) in [6.07, 6.45) is 9.37. The number of hydrogen-bond acceptors (Lipinski definition) is 8. The monoisotopic (exact) mass is 596 g/mol. The van der Waals surface area contributed by atoms with Gasteiger partial charge in [-0.3, -0.25) is 9.48 Å². The first-order chi connectivity index (χ1) is 20.1. The van der Waals surface area contributed by atoms with Crippen molar-refractivity contribution in [3.8, 4) is 28.5 Å². The quantitative estimate of drug-likeness (QED) is 0.152. The van der Waals surface area contributed by atoms with Crippen LogP contribution in [-0.2, 0) is 18.5 Å². The normalized spacial score (nSPS) is 11.8. The molecule has 1 aromatic carbocycles. The maximum absolute atomic E-state index is 13.3. The molecule has 4 aromatic heterocycles. The molecule has 5 aromatic rings. The van der Waals surface area contributed by atoms with E-state index in [0.717, 1.165) is 6.04 Å². The van der Waals surface area contributed by atoms with Gasteiger partial charge in [0, 0.05) is 40.3 Å². The van der Waals surface area contributed by atoms with Gasteiger partial charge < -0.3 is 19.5 Å². The largest absolute Gasteiger partial charge is 0.454 e. The second kappa shape index (κ2) is 12.1. The molecule has 0 atom stereocenters. The third-order valence-corrected chi connectivity index (χ3v) is 7.79. The van der Waals surface area contributed by atoms with Gasteiger partial charge >= 0.3 is 6.61 Å². The highest BCUT2D eigenvalue weighted by Crippen LogP contribution is 2.38. The van der Waals surface area contributed by atoms with Crippen LogP contribution in [0.25, 0.3) is 16.9 Å². The SMILES string of the molecule is Cn1cc(NC(=O)c2cnn3cccnc23)c(-c2cc(Oc3cnn(COCC[Si](C)(C)C)c3)ccc2OC(F)F)n1. The molecule has 42 heavy (non-hydrogen) atoms. The number of aromatic nitrogens is 7. The first kappa shape index (κ1) is 28.9. The molecule has 4 heterocycles. The highest BCUT2D eigenvalue weighted by Gasteiger charge is 2.22. The van der Waals surface area contributed by atoms with E-state index in [0.29, 0.717) is 23.8 Å². The van der Waals surface area contributed by atoms with Crippen LogP contribution in [0.4, 0.5) is 14.5 Å². The Bertz CT molecular complexity index is 1690. The van der Waals surface area contributed by atoms with E-state index in [1.807, 2.05) is 0 Å². The molecule has 0 aliphatic heterocycles. The van der Waals surface area contributed by atoms with Gasteiger partial charge in [0.1, 0.15) is 29.5 Å². The van der Waals surface area contributed by atoms with Gasteiger partial charge in [0.2, 0.25) is 0 Å². The molecule has 0 bridgehead atoms. The van der Waals surface area contributed by atoms with E-state index >= 15 is 0 Å². The second-order valence-corrected chi connectivity index (χ2v) is 16.3. The summed E-state index contributed by atoms with van der Waals surface area (Å²) in [7, 11) is 0.443. The third kappa shape index (κ3) is 6.98. The molecule has 1 N–H and O–H groups in total. The predicted octanol–water partition coefficient (Wildman–Crippen LogP) is 5.28. The molecule has 0 radical (unpaired) electrons. The average Bonchev–Trinajstić information content (AvgIpc) is 3.65. The Morgan fingerprint density at radius 1 is 1.12 bits per heavy atom. The minimum atomic E-state index is -3.08. The zero-order valence-corrected chi connectivity index (χ0v) is 24.5. The molecule has 220 valence electrons. The summed E-state index contributed by atoms with van der Waals surface area (Å²) in [6.45, 7) is 4.69. The molecule has 0 aliphatic rings. The Balaban J connectivity index is 1.38. The number of hydrogen-bond donors (Lipinski definition) is 1. The number of aryl methyl sites for hydroxylation is 1. The Morgan fingerprint density at radius 2 is 1.95 bits per heavy atom. The van der Waals surface area contributed by atoms with Crippen LogP contribution in [0.15, 0.2) is 61.4 Å². The number of anilines is 1. The number of carbonyl (C=O) groups is 1. The fraction of sp³-hybridized carbons (Fsp3) is 0.296. The van der Waals surface area contributed by atoms with Crippen LogP contribution >= 0.6 is 0 Å². The Hall–Kier alpha value is -4.63. The lowest BCUT2D eigenvalue weighted by molar-refractivity contribution is -0.0494. The summed E-state index contributed by atoms with van der Waals surface area (Å²) >= 11 is 0. The van der Waals surface area contributed by atoms with Gasteiger partial charge in [-0.1, -0.05) is 19.6 Å². The van der Waals surface area contributed by atoms with Crippen LogP contribution in [0.3, 0.4) is 0 Å². The molecule has 15 heteroatoms. The minimum Gasteiger partial charge on any atom is -0.454 e. The maximum Gasteiger partial charge on any atom is 0.387 e. The van der Waals surface area contributed by atoms with Crippen LogP contribution in [0.1, 0.15) is 10.4 Å². The van der Waals surface area contributed by atoms with E-state index in [4.69, 9.17) is 14.2 Å². The number of ether oxygens (including phenoxy) is 3. The molecule has 0 spiro atoms. The lowest BCUT2D eigenvalue weighted by Crippen LogP contribution is -2.22. The molecule has 0 fully saturated rings. The lowest BCUT2D eigenvalue weighted by atomic mass is 10.1. The number of rotatable bonds is 12. The van der Waals surface area contributed by atoms with Crippen molar-refractivity contribution in [2.24, 2.45) is 7.05 Å². The van der Waals surface area contributed by atoms with Crippen molar-refractivity contribution in [3.05, 3.63) is 67.0 Å². The van der Waals surface area contributed by atoms with E-state index in [1.54, 1.807) is 42.6 Å². The average molecular weight is 597 g/mol. The molecule has 0 saturated heterocycles. The first-order valence-electron chi connectivity index (χ1n) is 13.1. The van der Waals surface area contributed by atoms with E-state index in [2.05, 4.69) is 45.2 Å². The fourth-order valence-electron chi connectivity index (χ4n) is 4.05. The maximum atomic E-state index is 13.3. The van der Waals surface area contributed by atoms with Crippen LogP contribution in [0.5, 0.6) is 17.2 Å². The highest BCUT2D eigenvalue weighted by atomic mass is 28.3. The van der Waals surface area contributed by atoms with E-state index in [1.165, 1.54) is 39.8 Å². The lowest BCUT2D eigenvalue weighted by Gasteiger charge is -2.15. The summed E-state index contributed by atoms with van der Waals surface area (Å²) in [5.41, 5.74) is 1.23. The topological polar surface area (TPSA) is 123 Å². The van der Waals surface area contributed by atoms with Gasteiger partial charge in [-0.15, -0.1) is 0 Å². The molecule has 0 saturated carbocycles. The van der Waals surface area contributed by atoms with Gasteiger partial charge in [0.05, 0.1) is 29.8 Å². The van der Waals surface area contributed by atoms with Crippen LogP contribution in [0.2, 0.25) is 25.7 Å². The number of benzene rings is 1. The molecule has 12 nitrogen and oxygen atoms in total. The number of alkyl halides is 2. The molecule has 0 unspecified atom stereocenters.